The Kier molecular flexibility index (Phi) is 12.0. The molecule has 0 bridgehead atoms. The van der Waals surface area contributed by atoms with Crippen LogP contribution in [-0.2, 0) is 25.7 Å². The van der Waals surface area contributed by atoms with E-state index in [0.717, 1.165) is 25.7 Å². The average Bonchev–Trinajstić information content (AvgIpc) is 2.93. The van der Waals surface area contributed by atoms with Crippen LogP contribution in [0.4, 0.5) is 0 Å². The van der Waals surface area contributed by atoms with Gasteiger partial charge in [0.25, 0.3) is 0 Å². The minimum Gasteiger partial charge on any atom is -0.259 e. The van der Waals surface area contributed by atoms with Gasteiger partial charge in [0.15, 0.2) is 0 Å². The van der Waals surface area contributed by atoms with Crippen LogP contribution < -0.4 is 26.1 Å². The first-order valence-electron chi connectivity index (χ1n) is 17.5. The standard InChI is InChI=1S/C44H61NP2/c1-41(2,3)29-33-13-21-37(22-14-33)46(38-23-15-34(16-24-38)30-42(4,5)6)45-47(39-25-17-35(18-26-39)31-43(7,8)9)40-27-19-36(20-28-40)32-44(10,11)12/h13-28,45H,29-32H2,1-12H3. The van der Waals surface area contributed by atoms with Crippen molar-refractivity contribution in [2.75, 3.05) is 0 Å². The molecule has 0 fully saturated rings. The second kappa shape index (κ2) is 15.1. The van der Waals surface area contributed by atoms with Crippen LogP contribution in [-0.4, -0.2) is 0 Å². The van der Waals surface area contributed by atoms with Gasteiger partial charge in [0, 0.05) is 16.1 Å². The van der Waals surface area contributed by atoms with Gasteiger partial charge in [0.05, 0.1) is 0 Å². The van der Waals surface area contributed by atoms with E-state index >= 15 is 0 Å². The molecule has 0 aliphatic heterocycles. The molecular formula is C44H61NP2. The van der Waals surface area contributed by atoms with Crippen molar-refractivity contribution in [2.45, 2.75) is 109 Å². The Morgan fingerprint density at radius 1 is 0.319 bits per heavy atom. The second-order valence-corrected chi connectivity index (χ2v) is 22.6. The van der Waals surface area contributed by atoms with Gasteiger partial charge in [-0.1, -0.05) is 180 Å². The number of nitrogens with one attached hydrogen (secondary N) is 1. The van der Waals surface area contributed by atoms with E-state index in [-0.39, 0.29) is 21.7 Å². The van der Waals surface area contributed by atoms with E-state index in [0.29, 0.717) is 0 Å². The van der Waals surface area contributed by atoms with Gasteiger partial charge in [-0.2, -0.15) is 0 Å². The number of benzene rings is 4. The van der Waals surface area contributed by atoms with Gasteiger partial charge >= 0.3 is 0 Å². The molecule has 4 aromatic rings. The van der Waals surface area contributed by atoms with Gasteiger partial charge in [-0.05, 0) is 90.8 Å². The van der Waals surface area contributed by atoms with Crippen molar-refractivity contribution in [1.82, 2.24) is 4.86 Å². The van der Waals surface area contributed by atoms with E-state index in [9.17, 15) is 0 Å². The highest BCUT2D eigenvalue weighted by molar-refractivity contribution is 7.85. The van der Waals surface area contributed by atoms with Crippen LogP contribution in [0.1, 0.15) is 105 Å². The van der Waals surface area contributed by atoms with Crippen molar-refractivity contribution in [3.63, 3.8) is 0 Å². The van der Waals surface area contributed by atoms with E-state index in [1.54, 1.807) is 0 Å². The van der Waals surface area contributed by atoms with Crippen LogP contribution in [0.5, 0.6) is 0 Å². The van der Waals surface area contributed by atoms with E-state index < -0.39 is 16.1 Å². The maximum absolute atomic E-state index is 4.32. The highest BCUT2D eigenvalue weighted by Crippen LogP contribution is 2.43. The normalized spacial score (nSPS) is 13.1. The number of hydrogen-bond acceptors (Lipinski definition) is 1. The maximum atomic E-state index is 4.32. The molecule has 47 heavy (non-hydrogen) atoms. The van der Waals surface area contributed by atoms with E-state index in [4.69, 9.17) is 0 Å². The van der Waals surface area contributed by atoms with Gasteiger partial charge in [-0.3, -0.25) is 4.86 Å². The quantitative estimate of drug-likeness (QED) is 0.166. The molecule has 3 heteroatoms. The monoisotopic (exact) mass is 665 g/mol. The molecule has 4 aromatic carbocycles. The third kappa shape index (κ3) is 12.6. The molecule has 0 saturated carbocycles. The minimum atomic E-state index is -0.809. The fourth-order valence-corrected chi connectivity index (χ4v) is 11.2. The van der Waals surface area contributed by atoms with Crippen LogP contribution >= 0.6 is 16.1 Å². The van der Waals surface area contributed by atoms with E-state index in [1.165, 1.54) is 43.5 Å². The Morgan fingerprint density at radius 3 is 0.638 bits per heavy atom. The lowest BCUT2D eigenvalue weighted by atomic mass is 9.88. The predicted octanol–water partition coefficient (Wildman–Crippen LogP) is 11.0. The molecule has 0 saturated heterocycles. The highest BCUT2D eigenvalue weighted by atomic mass is 31.2. The fourth-order valence-electron chi connectivity index (χ4n) is 6.13. The summed E-state index contributed by atoms with van der Waals surface area (Å²) >= 11 is 0. The summed E-state index contributed by atoms with van der Waals surface area (Å²) in [4.78, 5) is 4.32. The summed E-state index contributed by atoms with van der Waals surface area (Å²) in [6, 6.07) is 37.9. The molecule has 0 unspecified atom stereocenters. The molecule has 0 heterocycles. The van der Waals surface area contributed by atoms with Crippen LogP contribution in [0.3, 0.4) is 0 Å². The van der Waals surface area contributed by atoms with Crippen molar-refractivity contribution >= 4 is 37.4 Å². The first-order valence-corrected chi connectivity index (χ1v) is 20.1. The lowest BCUT2D eigenvalue weighted by Gasteiger charge is -2.29. The smallest absolute Gasteiger partial charge is 0.0294 e. The molecule has 0 radical (unpaired) electrons. The lowest BCUT2D eigenvalue weighted by molar-refractivity contribution is 0.411. The van der Waals surface area contributed by atoms with Crippen LogP contribution in [0, 0.1) is 21.7 Å². The molecule has 0 aliphatic rings. The molecule has 0 aliphatic carbocycles. The van der Waals surface area contributed by atoms with Crippen LogP contribution in [0.25, 0.3) is 0 Å². The molecular weight excluding hydrogens is 604 g/mol. The zero-order valence-electron chi connectivity index (χ0n) is 31.5. The molecule has 0 aromatic heterocycles. The first kappa shape index (κ1) is 37.5. The summed E-state index contributed by atoms with van der Waals surface area (Å²) in [6.45, 7) is 27.8. The second-order valence-electron chi connectivity index (χ2n) is 18.4. The van der Waals surface area contributed by atoms with Crippen molar-refractivity contribution in [2.24, 2.45) is 21.7 Å². The summed E-state index contributed by atoms with van der Waals surface area (Å²) < 4.78 is 0. The molecule has 0 atom stereocenters. The summed E-state index contributed by atoms with van der Waals surface area (Å²) in [7, 11) is -1.62. The lowest BCUT2D eigenvalue weighted by Crippen LogP contribution is -2.28. The Morgan fingerprint density at radius 2 is 0.489 bits per heavy atom. The van der Waals surface area contributed by atoms with Crippen molar-refractivity contribution in [3.05, 3.63) is 119 Å². The zero-order valence-corrected chi connectivity index (χ0v) is 33.2. The van der Waals surface area contributed by atoms with Crippen molar-refractivity contribution in [3.8, 4) is 0 Å². The summed E-state index contributed by atoms with van der Waals surface area (Å²) in [6.07, 6.45) is 4.31. The Hall–Kier alpha value is -2.30. The van der Waals surface area contributed by atoms with Crippen LogP contribution in [0.2, 0.25) is 0 Å². The molecule has 1 nitrogen and oxygen atoms in total. The Bertz CT molecular complexity index is 1300. The van der Waals surface area contributed by atoms with Gasteiger partial charge in [-0.25, -0.2) is 0 Å². The number of hydrogen-bond donors (Lipinski definition) is 1. The van der Waals surface area contributed by atoms with Crippen molar-refractivity contribution in [1.29, 1.82) is 0 Å². The largest absolute Gasteiger partial charge is 0.259 e. The van der Waals surface area contributed by atoms with E-state index in [1.807, 2.05) is 0 Å². The minimum absolute atomic E-state index is 0.264. The SMILES string of the molecule is CC(C)(C)Cc1ccc(P(NP(c2ccc(CC(C)(C)C)cc2)c2ccc(CC(C)(C)C)cc2)c2ccc(CC(C)(C)C)cc2)cc1. The summed E-state index contributed by atoms with van der Waals surface area (Å²) in [5.74, 6) is 0. The van der Waals surface area contributed by atoms with Gasteiger partial charge in [0.1, 0.15) is 0 Å². The fraction of sp³-hybridized carbons (Fsp3) is 0.455. The number of rotatable bonds is 10. The first-order chi connectivity index (χ1) is 21.7. The summed E-state index contributed by atoms with van der Waals surface area (Å²) in [5, 5.41) is 5.51. The highest BCUT2D eigenvalue weighted by Gasteiger charge is 2.24. The average molecular weight is 666 g/mol. The molecule has 4 rings (SSSR count). The van der Waals surface area contributed by atoms with Gasteiger partial charge in [-0.15, -0.1) is 0 Å². The third-order valence-electron chi connectivity index (χ3n) is 7.92. The molecule has 252 valence electrons. The topological polar surface area (TPSA) is 12.0 Å². The summed E-state index contributed by atoms with van der Waals surface area (Å²) in [5.41, 5.74) is 6.68. The van der Waals surface area contributed by atoms with Gasteiger partial charge in [0.2, 0.25) is 0 Å². The molecule has 0 spiro atoms. The van der Waals surface area contributed by atoms with Crippen molar-refractivity contribution < 1.29 is 0 Å². The Balaban J connectivity index is 1.77. The molecule has 0 amide bonds. The maximum Gasteiger partial charge on any atom is 0.0294 e. The van der Waals surface area contributed by atoms with E-state index in [2.05, 4.69) is 185 Å². The molecule has 1 N–H and O–H groups in total. The Labute approximate surface area is 291 Å². The van der Waals surface area contributed by atoms with Crippen LogP contribution in [0.15, 0.2) is 97.1 Å². The predicted molar refractivity (Wildman–Crippen MR) is 214 cm³/mol. The van der Waals surface area contributed by atoms with Gasteiger partial charge < -0.3 is 0 Å². The zero-order chi connectivity index (χ0) is 34.6. The third-order valence-corrected chi connectivity index (χ3v) is 12.8.